The number of piperazine rings is 1. The molecule has 0 radical (unpaired) electrons. The summed E-state index contributed by atoms with van der Waals surface area (Å²) in [5.74, 6) is 1.17. The van der Waals surface area contributed by atoms with Gasteiger partial charge in [-0.15, -0.1) is 10.2 Å². The average Bonchev–Trinajstić information content (AvgIpc) is 3.59. The quantitative estimate of drug-likeness (QED) is 0.369. The number of nitrogens with zero attached hydrogens (tertiary/aromatic N) is 6. The van der Waals surface area contributed by atoms with E-state index in [0.29, 0.717) is 43.6 Å². The lowest BCUT2D eigenvalue weighted by Crippen LogP contribution is -2.51. The summed E-state index contributed by atoms with van der Waals surface area (Å²) >= 11 is 1.38. The van der Waals surface area contributed by atoms with Gasteiger partial charge in [0.1, 0.15) is 0 Å². The van der Waals surface area contributed by atoms with Gasteiger partial charge in [0, 0.05) is 44.1 Å². The number of amides is 2. The van der Waals surface area contributed by atoms with Crippen LogP contribution in [0.25, 0.3) is 11.4 Å². The van der Waals surface area contributed by atoms with Crippen LogP contribution in [-0.2, 0) is 11.3 Å². The normalized spacial score (nSPS) is 13.7. The highest BCUT2D eigenvalue weighted by molar-refractivity contribution is 7.99. The molecule has 4 aromatic rings. The van der Waals surface area contributed by atoms with Gasteiger partial charge in [-0.3, -0.25) is 19.1 Å². The van der Waals surface area contributed by atoms with Crippen LogP contribution in [-0.4, -0.2) is 73.3 Å². The largest absolute Gasteiger partial charge is 0.459 e. The van der Waals surface area contributed by atoms with Gasteiger partial charge >= 0.3 is 0 Å². The summed E-state index contributed by atoms with van der Waals surface area (Å²) in [5, 5.41) is 9.49. The third-order valence-electron chi connectivity index (χ3n) is 5.82. The van der Waals surface area contributed by atoms with Crippen LogP contribution in [0, 0.1) is 0 Å². The van der Waals surface area contributed by atoms with Crippen molar-refractivity contribution in [3.8, 4) is 11.4 Å². The molecule has 0 aliphatic carbocycles. The maximum absolute atomic E-state index is 12.9. The standard InChI is InChI=1S/C25H24N6O3S/c32-22(29-12-14-30(15-13-29)24(33)21-7-4-16-34-21)18-35-25-28-27-23(20-8-10-26-11-9-20)31(25)17-19-5-2-1-3-6-19/h1-11,16H,12-15,17-18H2. The van der Waals surface area contributed by atoms with E-state index in [4.69, 9.17) is 4.42 Å². The van der Waals surface area contributed by atoms with Crippen LogP contribution in [0.5, 0.6) is 0 Å². The molecule has 5 rings (SSSR count). The second-order valence-corrected chi connectivity index (χ2v) is 9.00. The molecule has 35 heavy (non-hydrogen) atoms. The van der Waals surface area contributed by atoms with Gasteiger partial charge in [-0.05, 0) is 29.8 Å². The Balaban J connectivity index is 1.24. The Morgan fingerprint density at radius 2 is 1.63 bits per heavy atom. The Morgan fingerprint density at radius 1 is 0.886 bits per heavy atom. The predicted octanol–water partition coefficient (Wildman–Crippen LogP) is 3.06. The first-order chi connectivity index (χ1) is 17.2. The highest BCUT2D eigenvalue weighted by Crippen LogP contribution is 2.25. The van der Waals surface area contributed by atoms with E-state index in [1.54, 1.807) is 34.3 Å². The van der Waals surface area contributed by atoms with E-state index in [2.05, 4.69) is 27.3 Å². The summed E-state index contributed by atoms with van der Waals surface area (Å²) in [6.45, 7) is 2.53. The molecule has 10 heteroatoms. The van der Waals surface area contributed by atoms with Gasteiger partial charge in [0.15, 0.2) is 16.7 Å². The maximum Gasteiger partial charge on any atom is 0.289 e. The lowest BCUT2D eigenvalue weighted by molar-refractivity contribution is -0.129. The molecule has 1 aliphatic rings. The second-order valence-electron chi connectivity index (χ2n) is 8.05. The first-order valence-corrected chi connectivity index (χ1v) is 12.3. The highest BCUT2D eigenvalue weighted by Gasteiger charge is 2.26. The number of rotatable bonds is 7. The molecule has 2 amide bonds. The van der Waals surface area contributed by atoms with Crippen LogP contribution in [0.3, 0.4) is 0 Å². The molecule has 0 bridgehead atoms. The van der Waals surface area contributed by atoms with Crippen molar-refractivity contribution in [3.63, 3.8) is 0 Å². The second kappa shape index (κ2) is 10.6. The molecule has 3 aromatic heterocycles. The van der Waals surface area contributed by atoms with Crippen LogP contribution in [0.4, 0.5) is 0 Å². The molecule has 178 valence electrons. The number of furan rings is 1. The van der Waals surface area contributed by atoms with Gasteiger partial charge in [-0.2, -0.15) is 0 Å². The minimum Gasteiger partial charge on any atom is -0.459 e. The third-order valence-corrected chi connectivity index (χ3v) is 6.77. The Bertz CT molecular complexity index is 1270. The first kappa shape index (κ1) is 22.9. The van der Waals surface area contributed by atoms with Crippen LogP contribution in [0.2, 0.25) is 0 Å². The number of carbonyl (C=O) groups is 2. The molecular weight excluding hydrogens is 464 g/mol. The Morgan fingerprint density at radius 3 is 2.34 bits per heavy atom. The zero-order valence-corrected chi connectivity index (χ0v) is 19.8. The molecule has 0 spiro atoms. The van der Waals surface area contributed by atoms with Crippen molar-refractivity contribution in [2.45, 2.75) is 11.7 Å². The summed E-state index contributed by atoms with van der Waals surface area (Å²) in [5.41, 5.74) is 2.03. The lowest BCUT2D eigenvalue weighted by Gasteiger charge is -2.34. The highest BCUT2D eigenvalue weighted by atomic mass is 32.2. The van der Waals surface area contributed by atoms with Gasteiger partial charge in [0.2, 0.25) is 5.91 Å². The number of thioether (sulfide) groups is 1. The summed E-state index contributed by atoms with van der Waals surface area (Å²) in [6.07, 6.45) is 4.94. The number of aromatic nitrogens is 4. The van der Waals surface area contributed by atoms with Crippen molar-refractivity contribution < 1.29 is 14.0 Å². The molecule has 0 unspecified atom stereocenters. The van der Waals surface area contributed by atoms with E-state index in [9.17, 15) is 9.59 Å². The fourth-order valence-corrected chi connectivity index (χ4v) is 4.79. The number of hydrogen-bond acceptors (Lipinski definition) is 7. The molecule has 1 aromatic carbocycles. The molecule has 1 fully saturated rings. The number of benzene rings is 1. The smallest absolute Gasteiger partial charge is 0.289 e. The summed E-state index contributed by atoms with van der Waals surface area (Å²) < 4.78 is 7.23. The van der Waals surface area contributed by atoms with E-state index in [1.165, 1.54) is 18.0 Å². The summed E-state index contributed by atoms with van der Waals surface area (Å²) in [7, 11) is 0. The Labute approximate surface area is 206 Å². The summed E-state index contributed by atoms with van der Waals surface area (Å²) in [4.78, 5) is 33.0. The molecule has 1 saturated heterocycles. The topological polar surface area (TPSA) is 97.4 Å². The van der Waals surface area contributed by atoms with Crippen molar-refractivity contribution in [2.75, 3.05) is 31.9 Å². The van der Waals surface area contributed by atoms with E-state index >= 15 is 0 Å². The number of pyridine rings is 1. The zero-order chi connectivity index (χ0) is 24.0. The van der Waals surface area contributed by atoms with E-state index in [1.807, 2.05) is 34.9 Å². The van der Waals surface area contributed by atoms with Crippen LogP contribution in [0.15, 0.2) is 82.8 Å². The fourth-order valence-electron chi connectivity index (χ4n) is 3.95. The third kappa shape index (κ3) is 5.27. The van der Waals surface area contributed by atoms with Crippen molar-refractivity contribution in [3.05, 3.63) is 84.6 Å². The monoisotopic (exact) mass is 488 g/mol. The Hall–Kier alpha value is -3.92. The maximum atomic E-state index is 12.9. The van der Waals surface area contributed by atoms with Crippen molar-refractivity contribution >= 4 is 23.6 Å². The molecule has 0 N–H and O–H groups in total. The SMILES string of the molecule is O=C(CSc1nnc(-c2ccncc2)n1Cc1ccccc1)N1CCN(C(=O)c2ccco2)CC1. The molecule has 1 aliphatic heterocycles. The van der Waals surface area contributed by atoms with E-state index < -0.39 is 0 Å². The number of hydrogen-bond donors (Lipinski definition) is 0. The fraction of sp³-hybridized carbons (Fsp3) is 0.240. The minimum atomic E-state index is -0.144. The summed E-state index contributed by atoms with van der Waals surface area (Å²) in [6, 6.07) is 17.2. The van der Waals surface area contributed by atoms with Crippen LogP contribution < -0.4 is 0 Å². The Kier molecular flexibility index (Phi) is 6.89. The van der Waals surface area contributed by atoms with Crippen molar-refractivity contribution in [1.82, 2.24) is 29.5 Å². The van der Waals surface area contributed by atoms with Gasteiger partial charge in [0.25, 0.3) is 5.91 Å². The van der Waals surface area contributed by atoms with Gasteiger partial charge in [-0.1, -0.05) is 42.1 Å². The zero-order valence-electron chi connectivity index (χ0n) is 19.0. The minimum absolute atomic E-state index is 0.0137. The molecule has 9 nitrogen and oxygen atoms in total. The first-order valence-electron chi connectivity index (χ1n) is 11.3. The lowest BCUT2D eigenvalue weighted by atomic mass is 10.2. The number of carbonyl (C=O) groups excluding carboxylic acids is 2. The molecule has 0 atom stereocenters. The van der Waals surface area contributed by atoms with Gasteiger partial charge in [-0.25, -0.2) is 0 Å². The average molecular weight is 489 g/mol. The van der Waals surface area contributed by atoms with Crippen molar-refractivity contribution in [2.24, 2.45) is 0 Å². The van der Waals surface area contributed by atoms with Crippen LogP contribution >= 0.6 is 11.8 Å². The molecule has 4 heterocycles. The van der Waals surface area contributed by atoms with Gasteiger partial charge < -0.3 is 14.2 Å². The van der Waals surface area contributed by atoms with E-state index in [0.717, 1.165) is 17.0 Å². The molecular formula is C25H24N6O3S. The van der Waals surface area contributed by atoms with Crippen LogP contribution in [0.1, 0.15) is 16.1 Å². The predicted molar refractivity (Wildman–Crippen MR) is 131 cm³/mol. The molecule has 0 saturated carbocycles. The van der Waals surface area contributed by atoms with Gasteiger partial charge in [0.05, 0.1) is 18.6 Å². The van der Waals surface area contributed by atoms with E-state index in [-0.39, 0.29) is 17.6 Å². The van der Waals surface area contributed by atoms with Crippen molar-refractivity contribution in [1.29, 1.82) is 0 Å².